The van der Waals surface area contributed by atoms with Gasteiger partial charge in [-0.1, -0.05) is 12.8 Å². The highest BCUT2D eigenvalue weighted by Gasteiger charge is 2.32. The molecule has 0 amide bonds. The van der Waals surface area contributed by atoms with Gasteiger partial charge in [-0.3, -0.25) is 0 Å². The van der Waals surface area contributed by atoms with Crippen molar-refractivity contribution in [1.29, 1.82) is 0 Å². The van der Waals surface area contributed by atoms with Crippen molar-refractivity contribution in [2.75, 3.05) is 24.5 Å². The maximum absolute atomic E-state index is 10.1. The minimum absolute atomic E-state index is 0.163. The molecule has 2 unspecified atom stereocenters. The number of rotatable bonds is 5. The summed E-state index contributed by atoms with van der Waals surface area (Å²) in [6, 6.07) is 4.36. The second kappa shape index (κ2) is 6.21. The van der Waals surface area contributed by atoms with Crippen LogP contribution in [0.2, 0.25) is 0 Å². The van der Waals surface area contributed by atoms with E-state index >= 15 is 0 Å². The van der Waals surface area contributed by atoms with Gasteiger partial charge < -0.3 is 15.3 Å². The Morgan fingerprint density at radius 1 is 1.08 bits per heavy atom. The van der Waals surface area contributed by atoms with Crippen LogP contribution in [-0.4, -0.2) is 56.7 Å². The molecule has 1 saturated heterocycles. The molecule has 3 heterocycles. The molecule has 1 aliphatic heterocycles. The molecule has 2 aromatic heterocycles. The number of aliphatic hydroxyl groups excluding tert-OH is 1. The van der Waals surface area contributed by atoms with Gasteiger partial charge in [0.05, 0.1) is 6.10 Å². The Morgan fingerprint density at radius 3 is 2.72 bits per heavy atom. The molecule has 0 spiro atoms. The van der Waals surface area contributed by atoms with Gasteiger partial charge in [0.1, 0.15) is 5.82 Å². The van der Waals surface area contributed by atoms with Crippen LogP contribution in [0.1, 0.15) is 50.3 Å². The molecule has 134 valence electrons. The lowest BCUT2D eigenvalue weighted by molar-refractivity contribution is 0.0879. The first-order valence-electron chi connectivity index (χ1n) is 9.66. The number of aromatic nitrogens is 4. The molecule has 5 rings (SSSR count). The second-order valence-electron chi connectivity index (χ2n) is 7.93. The maximum atomic E-state index is 10.1. The Balaban J connectivity index is 1.19. The predicted molar refractivity (Wildman–Crippen MR) is 94.7 cm³/mol. The summed E-state index contributed by atoms with van der Waals surface area (Å²) in [7, 11) is 0. The van der Waals surface area contributed by atoms with Gasteiger partial charge in [-0.25, -0.2) is 0 Å². The standard InChI is InChI=1S/C18H26N6O/c25-15-4-2-1-3-14(15)19-9-12-10-23(11-12)17-8-7-16-20-21-18(13-5-6-13)24(16)22-17/h7-8,12-15,19,25H,1-6,9-11H2. The molecule has 3 fully saturated rings. The Labute approximate surface area is 147 Å². The van der Waals surface area contributed by atoms with Crippen molar-refractivity contribution in [2.24, 2.45) is 5.92 Å². The molecule has 7 nitrogen and oxygen atoms in total. The first-order chi connectivity index (χ1) is 12.3. The molecule has 2 N–H and O–H groups in total. The smallest absolute Gasteiger partial charge is 0.178 e. The fraction of sp³-hybridized carbons (Fsp3) is 0.722. The van der Waals surface area contributed by atoms with Crippen LogP contribution < -0.4 is 10.2 Å². The fourth-order valence-corrected chi connectivity index (χ4v) is 4.11. The number of hydrogen-bond acceptors (Lipinski definition) is 6. The summed E-state index contributed by atoms with van der Waals surface area (Å²) >= 11 is 0. The molecule has 3 aliphatic rings. The Kier molecular flexibility index (Phi) is 3.86. The lowest BCUT2D eigenvalue weighted by atomic mass is 9.91. The topological polar surface area (TPSA) is 78.6 Å². The summed E-state index contributed by atoms with van der Waals surface area (Å²) in [5.41, 5.74) is 0.843. The molecular formula is C18H26N6O. The number of aliphatic hydroxyl groups is 1. The molecule has 7 heteroatoms. The zero-order valence-electron chi connectivity index (χ0n) is 14.5. The van der Waals surface area contributed by atoms with Crippen LogP contribution in [0, 0.1) is 5.92 Å². The SMILES string of the molecule is OC1CCCCC1NCC1CN(c2ccc3nnc(C4CC4)n3n2)C1. The van der Waals surface area contributed by atoms with Gasteiger partial charge in [0.2, 0.25) is 0 Å². The van der Waals surface area contributed by atoms with Crippen molar-refractivity contribution in [3.63, 3.8) is 0 Å². The lowest BCUT2D eigenvalue weighted by Crippen LogP contribution is -2.54. The van der Waals surface area contributed by atoms with Gasteiger partial charge in [-0.05, 0) is 37.8 Å². The van der Waals surface area contributed by atoms with E-state index in [1.54, 1.807) is 0 Å². The molecule has 0 radical (unpaired) electrons. The Hall–Kier alpha value is -1.73. The summed E-state index contributed by atoms with van der Waals surface area (Å²) in [4.78, 5) is 2.32. The van der Waals surface area contributed by atoms with E-state index in [2.05, 4.69) is 26.5 Å². The number of nitrogens with zero attached hydrogens (tertiary/aromatic N) is 5. The van der Waals surface area contributed by atoms with Crippen molar-refractivity contribution < 1.29 is 5.11 Å². The van der Waals surface area contributed by atoms with Gasteiger partial charge in [-0.2, -0.15) is 4.52 Å². The maximum Gasteiger partial charge on any atom is 0.178 e. The summed E-state index contributed by atoms with van der Waals surface area (Å²) in [5, 5.41) is 26.9. The average molecular weight is 342 g/mol. The minimum Gasteiger partial charge on any atom is -0.392 e. The second-order valence-corrected chi connectivity index (χ2v) is 7.93. The highest BCUT2D eigenvalue weighted by Crippen LogP contribution is 2.38. The van der Waals surface area contributed by atoms with Crippen molar-refractivity contribution >= 4 is 11.5 Å². The molecule has 0 bridgehead atoms. The van der Waals surface area contributed by atoms with Gasteiger partial charge in [0.25, 0.3) is 0 Å². The summed E-state index contributed by atoms with van der Waals surface area (Å²) in [6.45, 7) is 3.03. The molecule has 2 saturated carbocycles. The predicted octanol–water partition coefficient (Wildman–Crippen LogP) is 1.33. The van der Waals surface area contributed by atoms with Crippen molar-refractivity contribution in [2.45, 2.75) is 56.6 Å². The quantitative estimate of drug-likeness (QED) is 0.853. The van der Waals surface area contributed by atoms with E-state index in [1.807, 2.05) is 10.6 Å². The van der Waals surface area contributed by atoms with Crippen LogP contribution in [-0.2, 0) is 0 Å². The third-order valence-electron chi connectivity index (χ3n) is 5.89. The summed E-state index contributed by atoms with van der Waals surface area (Å²) < 4.78 is 1.93. The van der Waals surface area contributed by atoms with E-state index < -0.39 is 0 Å². The van der Waals surface area contributed by atoms with Gasteiger partial charge in [-0.15, -0.1) is 15.3 Å². The van der Waals surface area contributed by atoms with Gasteiger partial charge in [0, 0.05) is 37.5 Å². The molecule has 25 heavy (non-hydrogen) atoms. The molecular weight excluding hydrogens is 316 g/mol. The molecule has 0 aromatic carbocycles. The Bertz CT molecular complexity index is 751. The van der Waals surface area contributed by atoms with E-state index in [0.29, 0.717) is 11.8 Å². The molecule has 2 aromatic rings. The monoisotopic (exact) mass is 342 g/mol. The number of nitrogens with one attached hydrogen (secondary N) is 1. The van der Waals surface area contributed by atoms with Crippen LogP contribution in [0.15, 0.2) is 12.1 Å². The van der Waals surface area contributed by atoms with E-state index in [9.17, 15) is 5.11 Å². The first kappa shape index (κ1) is 15.5. The number of fused-ring (bicyclic) bond motifs is 1. The normalized spacial score (nSPS) is 27.6. The van der Waals surface area contributed by atoms with Crippen LogP contribution in [0.5, 0.6) is 0 Å². The van der Waals surface area contributed by atoms with E-state index in [-0.39, 0.29) is 12.1 Å². The van der Waals surface area contributed by atoms with Crippen LogP contribution in [0.3, 0.4) is 0 Å². The zero-order chi connectivity index (χ0) is 16.8. The van der Waals surface area contributed by atoms with E-state index in [0.717, 1.165) is 56.2 Å². The highest BCUT2D eigenvalue weighted by atomic mass is 16.3. The number of anilines is 1. The first-order valence-corrected chi connectivity index (χ1v) is 9.66. The van der Waals surface area contributed by atoms with Crippen LogP contribution >= 0.6 is 0 Å². The fourth-order valence-electron chi connectivity index (χ4n) is 4.11. The van der Waals surface area contributed by atoms with Crippen molar-refractivity contribution in [3.8, 4) is 0 Å². The third-order valence-corrected chi connectivity index (χ3v) is 5.89. The number of hydrogen-bond donors (Lipinski definition) is 2. The van der Waals surface area contributed by atoms with E-state index in [4.69, 9.17) is 5.10 Å². The van der Waals surface area contributed by atoms with Crippen molar-refractivity contribution in [1.82, 2.24) is 25.1 Å². The van der Waals surface area contributed by atoms with Crippen LogP contribution in [0.25, 0.3) is 5.65 Å². The zero-order valence-corrected chi connectivity index (χ0v) is 14.5. The highest BCUT2D eigenvalue weighted by molar-refractivity contribution is 5.47. The summed E-state index contributed by atoms with van der Waals surface area (Å²) in [5.74, 6) is 3.22. The Morgan fingerprint density at radius 2 is 1.92 bits per heavy atom. The average Bonchev–Trinajstić information content (AvgIpc) is 3.34. The molecule has 2 aliphatic carbocycles. The summed E-state index contributed by atoms with van der Waals surface area (Å²) in [6.07, 6.45) is 6.69. The molecule has 2 atom stereocenters. The van der Waals surface area contributed by atoms with Crippen LogP contribution in [0.4, 0.5) is 5.82 Å². The minimum atomic E-state index is -0.163. The lowest BCUT2D eigenvalue weighted by Gasteiger charge is -2.41. The van der Waals surface area contributed by atoms with Gasteiger partial charge in [0.15, 0.2) is 11.5 Å². The largest absolute Gasteiger partial charge is 0.392 e. The van der Waals surface area contributed by atoms with Gasteiger partial charge >= 0.3 is 0 Å². The third kappa shape index (κ3) is 3.00. The van der Waals surface area contributed by atoms with Crippen molar-refractivity contribution in [3.05, 3.63) is 18.0 Å². The van der Waals surface area contributed by atoms with E-state index in [1.165, 1.54) is 19.3 Å².